The van der Waals surface area contributed by atoms with Gasteiger partial charge in [0.25, 0.3) is 0 Å². The molecule has 1 unspecified atom stereocenters. The highest BCUT2D eigenvalue weighted by Crippen LogP contribution is 2.06. The lowest BCUT2D eigenvalue weighted by Crippen LogP contribution is -2.18. The predicted octanol–water partition coefficient (Wildman–Crippen LogP) is -0.307. The number of carboxylic acids is 1. The molecule has 78 valence electrons. The number of carbonyl (C=O) groups is 1. The Balaban J connectivity index is 3.21. The lowest BCUT2D eigenvalue weighted by molar-refractivity contribution is -0.147. The maximum atomic E-state index is 10.1. The van der Waals surface area contributed by atoms with Crippen molar-refractivity contribution in [2.24, 2.45) is 0 Å². The van der Waals surface area contributed by atoms with E-state index in [1.165, 1.54) is 0 Å². The first kappa shape index (κ1) is 12.3. The van der Waals surface area contributed by atoms with Gasteiger partial charge in [-0.1, -0.05) is 12.8 Å². The molecule has 5 heteroatoms. The van der Waals surface area contributed by atoms with Crippen molar-refractivity contribution in [1.29, 1.82) is 0 Å². The summed E-state index contributed by atoms with van der Waals surface area (Å²) in [7, 11) is 0. The minimum Gasteiger partial charge on any atom is -0.479 e. The zero-order valence-corrected chi connectivity index (χ0v) is 7.39. The quantitative estimate of drug-likeness (QED) is 0.328. The number of aliphatic hydroxyl groups excluding tert-OH is 2. The molecule has 5 nitrogen and oxygen atoms in total. The Kier molecular flexibility index (Phi) is 6.48. The third-order valence-corrected chi connectivity index (χ3v) is 1.72. The zero-order valence-electron chi connectivity index (χ0n) is 7.39. The molecule has 0 aliphatic rings. The van der Waals surface area contributed by atoms with Crippen LogP contribution in [0.3, 0.4) is 0 Å². The van der Waals surface area contributed by atoms with Crippen LogP contribution in [0.4, 0.5) is 0 Å². The average Bonchev–Trinajstić information content (AvgIpc) is 2.02. The maximum Gasteiger partial charge on any atom is 0.332 e. The number of aliphatic hydroxyl groups is 3. The van der Waals surface area contributed by atoms with Crippen LogP contribution in [-0.2, 0) is 4.79 Å². The van der Waals surface area contributed by atoms with Crippen LogP contribution in [0, 0.1) is 0 Å². The second-order valence-corrected chi connectivity index (χ2v) is 2.97. The molecular formula is C8H16O5. The average molecular weight is 192 g/mol. The van der Waals surface area contributed by atoms with Crippen LogP contribution in [0.2, 0.25) is 0 Å². The van der Waals surface area contributed by atoms with E-state index in [4.69, 9.17) is 20.4 Å². The summed E-state index contributed by atoms with van der Waals surface area (Å²) in [6.07, 6.45) is -0.157. The molecule has 0 aromatic heterocycles. The third-order valence-electron chi connectivity index (χ3n) is 1.72. The molecule has 0 spiro atoms. The van der Waals surface area contributed by atoms with Crippen molar-refractivity contribution in [3.63, 3.8) is 0 Å². The molecule has 13 heavy (non-hydrogen) atoms. The van der Waals surface area contributed by atoms with Gasteiger partial charge in [-0.25, -0.2) is 4.79 Å². The summed E-state index contributed by atoms with van der Waals surface area (Å²) in [5.41, 5.74) is 0. The van der Waals surface area contributed by atoms with Crippen molar-refractivity contribution in [1.82, 2.24) is 0 Å². The molecule has 0 aliphatic heterocycles. The van der Waals surface area contributed by atoms with Gasteiger partial charge in [0.15, 0.2) is 12.4 Å². The second-order valence-electron chi connectivity index (χ2n) is 2.97. The van der Waals surface area contributed by atoms with E-state index >= 15 is 0 Å². The van der Waals surface area contributed by atoms with Crippen LogP contribution in [0.1, 0.15) is 32.1 Å². The summed E-state index contributed by atoms with van der Waals surface area (Å²) >= 11 is 0. The maximum absolute atomic E-state index is 10.1. The van der Waals surface area contributed by atoms with Gasteiger partial charge in [0.1, 0.15) is 0 Å². The predicted molar refractivity (Wildman–Crippen MR) is 45.0 cm³/mol. The largest absolute Gasteiger partial charge is 0.479 e. The zero-order chi connectivity index (χ0) is 10.3. The van der Waals surface area contributed by atoms with Crippen molar-refractivity contribution in [3.8, 4) is 0 Å². The lowest BCUT2D eigenvalue weighted by Gasteiger charge is -2.05. The van der Waals surface area contributed by atoms with Crippen molar-refractivity contribution in [2.75, 3.05) is 0 Å². The van der Waals surface area contributed by atoms with Gasteiger partial charge in [-0.15, -0.1) is 0 Å². The highest BCUT2D eigenvalue weighted by atomic mass is 16.5. The first-order valence-corrected chi connectivity index (χ1v) is 4.31. The van der Waals surface area contributed by atoms with Crippen molar-refractivity contribution in [2.45, 2.75) is 44.5 Å². The van der Waals surface area contributed by atoms with Crippen molar-refractivity contribution < 1.29 is 25.2 Å². The van der Waals surface area contributed by atoms with Gasteiger partial charge in [-0.05, 0) is 19.3 Å². The molecule has 4 N–H and O–H groups in total. The molecule has 0 rings (SSSR count). The molecule has 0 amide bonds. The molecule has 0 radical (unpaired) electrons. The van der Waals surface area contributed by atoms with Gasteiger partial charge >= 0.3 is 5.97 Å². The van der Waals surface area contributed by atoms with E-state index in [1.54, 1.807) is 0 Å². The lowest BCUT2D eigenvalue weighted by atomic mass is 10.1. The van der Waals surface area contributed by atoms with E-state index in [-0.39, 0.29) is 6.42 Å². The van der Waals surface area contributed by atoms with E-state index in [0.717, 1.165) is 0 Å². The minimum absolute atomic E-state index is 0.219. The first-order valence-electron chi connectivity index (χ1n) is 4.31. The Morgan fingerprint density at radius 3 is 2.00 bits per heavy atom. The fourth-order valence-corrected chi connectivity index (χ4v) is 0.965. The molecule has 0 heterocycles. The molecule has 0 saturated heterocycles. The van der Waals surface area contributed by atoms with E-state index in [9.17, 15) is 4.79 Å². The number of aliphatic carboxylic acids is 1. The monoisotopic (exact) mass is 192 g/mol. The Morgan fingerprint density at radius 2 is 1.54 bits per heavy atom. The summed E-state index contributed by atoms with van der Waals surface area (Å²) in [6, 6.07) is 0. The number of hydrogen-bond acceptors (Lipinski definition) is 4. The fraction of sp³-hybridized carbons (Fsp3) is 0.875. The van der Waals surface area contributed by atoms with Crippen molar-refractivity contribution in [3.05, 3.63) is 0 Å². The van der Waals surface area contributed by atoms with Crippen LogP contribution in [0.5, 0.6) is 0 Å². The molecule has 0 aliphatic carbocycles. The van der Waals surface area contributed by atoms with Crippen LogP contribution < -0.4 is 0 Å². The molecule has 0 aromatic rings. The van der Waals surface area contributed by atoms with Crippen LogP contribution in [0.25, 0.3) is 0 Å². The topological polar surface area (TPSA) is 98.0 Å². The van der Waals surface area contributed by atoms with E-state index in [2.05, 4.69) is 0 Å². The Bertz CT molecular complexity index is 145. The van der Waals surface area contributed by atoms with Crippen LogP contribution in [0.15, 0.2) is 0 Å². The molecule has 0 saturated carbocycles. The van der Waals surface area contributed by atoms with Gasteiger partial charge in [-0.3, -0.25) is 0 Å². The van der Waals surface area contributed by atoms with Gasteiger partial charge in [0, 0.05) is 0 Å². The second kappa shape index (κ2) is 6.82. The Morgan fingerprint density at radius 1 is 1.00 bits per heavy atom. The third kappa shape index (κ3) is 7.70. The smallest absolute Gasteiger partial charge is 0.332 e. The molecular weight excluding hydrogens is 176 g/mol. The molecule has 0 aromatic carbocycles. The van der Waals surface area contributed by atoms with Gasteiger partial charge in [-0.2, -0.15) is 0 Å². The van der Waals surface area contributed by atoms with Gasteiger partial charge in [0.2, 0.25) is 0 Å². The standard InChI is InChI=1S/C8H16O5/c9-6(8(12)13)4-2-1-3-5-7(10)11/h6-7,9-11H,1-5H2,(H,12,13). The molecule has 0 fully saturated rings. The number of rotatable bonds is 7. The Hall–Kier alpha value is -0.650. The SMILES string of the molecule is O=C(O)C(O)CCCCCC(O)O. The minimum atomic E-state index is -1.29. The Labute approximate surface area is 76.6 Å². The van der Waals surface area contributed by atoms with E-state index in [1.807, 2.05) is 0 Å². The number of hydrogen-bond donors (Lipinski definition) is 4. The number of unbranched alkanes of at least 4 members (excludes halogenated alkanes) is 2. The normalized spacial score (nSPS) is 13.2. The highest BCUT2D eigenvalue weighted by Gasteiger charge is 2.11. The molecule has 0 bridgehead atoms. The summed E-state index contributed by atoms with van der Waals surface area (Å²) in [4.78, 5) is 10.1. The van der Waals surface area contributed by atoms with E-state index in [0.29, 0.717) is 25.7 Å². The van der Waals surface area contributed by atoms with Crippen molar-refractivity contribution >= 4 is 5.97 Å². The van der Waals surface area contributed by atoms with Gasteiger partial charge in [0.05, 0.1) is 0 Å². The fourth-order valence-electron chi connectivity index (χ4n) is 0.965. The molecule has 1 atom stereocenters. The summed E-state index contributed by atoms with van der Waals surface area (Å²) in [6.45, 7) is 0. The summed E-state index contributed by atoms with van der Waals surface area (Å²) < 4.78 is 0. The first-order chi connectivity index (χ1) is 6.04. The number of carboxylic acid groups (broad SMARTS) is 1. The van der Waals surface area contributed by atoms with Crippen LogP contribution in [-0.4, -0.2) is 38.8 Å². The highest BCUT2D eigenvalue weighted by molar-refractivity contribution is 5.71. The van der Waals surface area contributed by atoms with Gasteiger partial charge < -0.3 is 20.4 Å². The summed E-state index contributed by atoms with van der Waals surface area (Å²) in [5.74, 6) is -1.21. The summed E-state index contributed by atoms with van der Waals surface area (Å²) in [5, 5.41) is 34.1. The van der Waals surface area contributed by atoms with Crippen LogP contribution >= 0.6 is 0 Å². The van der Waals surface area contributed by atoms with E-state index < -0.39 is 18.4 Å².